The first kappa shape index (κ1) is 16.2. The van der Waals surface area contributed by atoms with Crippen molar-refractivity contribution in [2.75, 3.05) is 19.3 Å². The molecule has 1 aliphatic heterocycles. The summed E-state index contributed by atoms with van der Waals surface area (Å²) in [6.45, 7) is 5.20. The van der Waals surface area contributed by atoms with Crippen LogP contribution in [0, 0.1) is 0 Å². The zero-order valence-corrected chi connectivity index (χ0v) is 12.4. The maximum atomic E-state index is 13.6. The molecular formula is C11H20FNO5S. The van der Waals surface area contributed by atoms with Crippen molar-refractivity contribution in [2.45, 2.75) is 45.1 Å². The summed E-state index contributed by atoms with van der Waals surface area (Å²) in [4.78, 5) is 13.1. The molecule has 1 heterocycles. The molecule has 1 rings (SSSR count). The number of carbonyl (C=O) groups excluding carboxylic acids is 1. The van der Waals surface area contributed by atoms with E-state index in [0.29, 0.717) is 0 Å². The summed E-state index contributed by atoms with van der Waals surface area (Å²) in [6, 6.07) is 0. The number of halogens is 1. The smallest absolute Gasteiger partial charge is 0.410 e. The molecule has 2 atom stereocenters. The van der Waals surface area contributed by atoms with Crippen LogP contribution in [0.15, 0.2) is 0 Å². The van der Waals surface area contributed by atoms with Crippen molar-refractivity contribution < 1.29 is 26.5 Å². The van der Waals surface area contributed by atoms with E-state index < -0.39 is 34.1 Å². The summed E-state index contributed by atoms with van der Waals surface area (Å²) in [7, 11) is -3.76. The van der Waals surface area contributed by atoms with Crippen LogP contribution in [0.2, 0.25) is 0 Å². The minimum absolute atomic E-state index is 0.0272. The van der Waals surface area contributed by atoms with Gasteiger partial charge >= 0.3 is 6.09 Å². The third-order valence-electron chi connectivity index (χ3n) is 2.43. The number of carbonyl (C=O) groups is 1. The number of piperidine rings is 1. The molecule has 0 unspecified atom stereocenters. The number of hydrogen-bond donors (Lipinski definition) is 0. The standard InChI is InChI=1S/C11H20FNO5S/c1-11(2,3)17-10(14)13-6-5-8(12)9(7-13)18-19(4,15)16/h8-9H,5-7H2,1-4H3/t8-,9-/m1/s1. The average Bonchev–Trinajstić information content (AvgIpc) is 2.16. The maximum absolute atomic E-state index is 13.6. The Balaban J connectivity index is 2.66. The van der Waals surface area contributed by atoms with E-state index in [4.69, 9.17) is 4.74 Å². The normalized spacial score (nSPS) is 25.2. The second-order valence-corrected chi connectivity index (χ2v) is 7.17. The molecular weight excluding hydrogens is 277 g/mol. The van der Waals surface area contributed by atoms with Crippen molar-refractivity contribution in [1.29, 1.82) is 0 Å². The molecule has 1 amide bonds. The fourth-order valence-corrected chi connectivity index (χ4v) is 2.33. The van der Waals surface area contributed by atoms with Gasteiger partial charge in [0.25, 0.3) is 10.1 Å². The molecule has 112 valence electrons. The lowest BCUT2D eigenvalue weighted by Gasteiger charge is -2.35. The third-order valence-corrected chi connectivity index (χ3v) is 3.03. The van der Waals surface area contributed by atoms with E-state index in [9.17, 15) is 17.6 Å². The number of amides is 1. The minimum Gasteiger partial charge on any atom is -0.444 e. The van der Waals surface area contributed by atoms with Gasteiger partial charge in [0.1, 0.15) is 17.9 Å². The van der Waals surface area contributed by atoms with Gasteiger partial charge in [-0.15, -0.1) is 0 Å². The van der Waals surface area contributed by atoms with Crippen LogP contribution < -0.4 is 0 Å². The molecule has 0 saturated carbocycles. The average molecular weight is 297 g/mol. The van der Waals surface area contributed by atoms with Crippen LogP contribution in [-0.2, 0) is 19.0 Å². The summed E-state index contributed by atoms with van der Waals surface area (Å²) >= 11 is 0. The van der Waals surface area contributed by atoms with Crippen molar-refractivity contribution in [1.82, 2.24) is 4.90 Å². The minimum atomic E-state index is -3.76. The Morgan fingerprint density at radius 1 is 1.37 bits per heavy atom. The van der Waals surface area contributed by atoms with Crippen molar-refractivity contribution in [3.05, 3.63) is 0 Å². The lowest BCUT2D eigenvalue weighted by molar-refractivity contribution is -0.0106. The fraction of sp³-hybridized carbons (Fsp3) is 0.909. The van der Waals surface area contributed by atoms with Crippen molar-refractivity contribution in [3.8, 4) is 0 Å². The molecule has 0 bridgehead atoms. The molecule has 1 aliphatic rings. The van der Waals surface area contributed by atoms with E-state index in [2.05, 4.69) is 4.18 Å². The molecule has 0 radical (unpaired) electrons. The summed E-state index contributed by atoms with van der Waals surface area (Å²) in [5, 5.41) is 0. The van der Waals surface area contributed by atoms with E-state index in [1.165, 1.54) is 4.90 Å². The number of nitrogens with zero attached hydrogens (tertiary/aromatic N) is 1. The second kappa shape index (κ2) is 5.62. The predicted molar refractivity (Wildman–Crippen MR) is 67.0 cm³/mol. The zero-order chi connectivity index (χ0) is 14.8. The summed E-state index contributed by atoms with van der Waals surface area (Å²) in [5.74, 6) is 0. The van der Waals surface area contributed by atoms with Crippen LogP contribution >= 0.6 is 0 Å². The van der Waals surface area contributed by atoms with E-state index in [1.54, 1.807) is 20.8 Å². The molecule has 6 nitrogen and oxygen atoms in total. The molecule has 19 heavy (non-hydrogen) atoms. The van der Waals surface area contributed by atoms with Crippen LogP contribution in [0.4, 0.5) is 9.18 Å². The van der Waals surface area contributed by atoms with E-state index in [-0.39, 0.29) is 19.5 Å². The van der Waals surface area contributed by atoms with Gasteiger partial charge in [0.2, 0.25) is 0 Å². The molecule has 0 aromatic heterocycles. The molecule has 0 aliphatic carbocycles. The first-order chi connectivity index (χ1) is 8.48. The first-order valence-electron chi connectivity index (χ1n) is 5.98. The summed E-state index contributed by atoms with van der Waals surface area (Å²) in [6.07, 6.45) is -2.29. The Bertz CT molecular complexity index is 431. The van der Waals surface area contributed by atoms with Crippen LogP contribution in [-0.4, -0.2) is 56.6 Å². The highest BCUT2D eigenvalue weighted by molar-refractivity contribution is 7.86. The van der Waals surface area contributed by atoms with Crippen molar-refractivity contribution in [2.24, 2.45) is 0 Å². The zero-order valence-electron chi connectivity index (χ0n) is 11.6. The number of ether oxygens (including phenoxy) is 1. The van der Waals surface area contributed by atoms with E-state index >= 15 is 0 Å². The molecule has 8 heteroatoms. The number of alkyl halides is 1. The Hall–Kier alpha value is -0.890. The van der Waals surface area contributed by atoms with Gasteiger partial charge in [0.05, 0.1) is 12.8 Å². The first-order valence-corrected chi connectivity index (χ1v) is 7.80. The number of hydrogen-bond acceptors (Lipinski definition) is 5. The third kappa shape index (κ3) is 5.73. The number of rotatable bonds is 2. The van der Waals surface area contributed by atoms with E-state index in [1.807, 2.05) is 0 Å². The molecule has 1 saturated heterocycles. The Kier molecular flexibility index (Phi) is 4.78. The lowest BCUT2D eigenvalue weighted by Crippen LogP contribution is -2.50. The maximum Gasteiger partial charge on any atom is 0.410 e. The second-order valence-electron chi connectivity index (χ2n) is 5.57. The molecule has 0 spiro atoms. The lowest BCUT2D eigenvalue weighted by atomic mass is 10.1. The molecule has 1 fully saturated rings. The Labute approximate surface area is 113 Å². The highest BCUT2D eigenvalue weighted by Gasteiger charge is 2.36. The van der Waals surface area contributed by atoms with Crippen molar-refractivity contribution >= 4 is 16.2 Å². The van der Waals surface area contributed by atoms with Gasteiger partial charge in [-0.25, -0.2) is 9.18 Å². The Morgan fingerprint density at radius 2 is 1.95 bits per heavy atom. The van der Waals surface area contributed by atoms with Crippen LogP contribution in [0.25, 0.3) is 0 Å². The molecule has 0 N–H and O–H groups in total. The SMILES string of the molecule is CC(C)(C)OC(=O)N1CC[C@@H](F)[C@H](OS(C)(=O)=O)C1. The van der Waals surface area contributed by atoms with Gasteiger partial charge < -0.3 is 9.64 Å². The largest absolute Gasteiger partial charge is 0.444 e. The number of likely N-dealkylation sites (tertiary alicyclic amines) is 1. The van der Waals surface area contributed by atoms with E-state index in [0.717, 1.165) is 6.26 Å². The highest BCUT2D eigenvalue weighted by atomic mass is 32.2. The van der Waals surface area contributed by atoms with Crippen molar-refractivity contribution in [3.63, 3.8) is 0 Å². The quantitative estimate of drug-likeness (QED) is 0.719. The fourth-order valence-electron chi connectivity index (χ4n) is 1.70. The van der Waals surface area contributed by atoms with Gasteiger partial charge in [-0.1, -0.05) is 0 Å². The van der Waals surface area contributed by atoms with Crippen LogP contribution in [0.1, 0.15) is 27.2 Å². The van der Waals surface area contributed by atoms with Crippen LogP contribution in [0.5, 0.6) is 0 Å². The predicted octanol–water partition coefficient (Wildman–Crippen LogP) is 1.31. The highest BCUT2D eigenvalue weighted by Crippen LogP contribution is 2.20. The monoisotopic (exact) mass is 297 g/mol. The summed E-state index contributed by atoms with van der Waals surface area (Å²) in [5.41, 5.74) is -0.656. The topological polar surface area (TPSA) is 72.9 Å². The van der Waals surface area contributed by atoms with Crippen LogP contribution in [0.3, 0.4) is 0 Å². The molecule has 0 aromatic rings. The summed E-state index contributed by atoms with van der Waals surface area (Å²) < 4.78 is 45.4. The van der Waals surface area contributed by atoms with Gasteiger partial charge in [0, 0.05) is 6.54 Å². The van der Waals surface area contributed by atoms with Gasteiger partial charge in [0.15, 0.2) is 0 Å². The van der Waals surface area contributed by atoms with Gasteiger partial charge in [-0.05, 0) is 27.2 Å². The Morgan fingerprint density at radius 3 is 2.42 bits per heavy atom. The molecule has 0 aromatic carbocycles. The van der Waals surface area contributed by atoms with Gasteiger partial charge in [-0.2, -0.15) is 8.42 Å². The van der Waals surface area contributed by atoms with Gasteiger partial charge in [-0.3, -0.25) is 4.18 Å².